The Morgan fingerprint density at radius 3 is 1.47 bits per heavy atom. The average Bonchev–Trinajstić information content (AvgIpc) is 2.79. The highest BCUT2D eigenvalue weighted by Crippen LogP contribution is 2.43. The largest absolute Gasteiger partial charge is 0.456 e. The van der Waals surface area contributed by atoms with E-state index >= 15 is 0 Å². The number of fused-ring (bicyclic) bond motifs is 8. The van der Waals surface area contributed by atoms with Crippen LogP contribution in [0, 0.1) is 13.8 Å². The Morgan fingerprint density at radius 2 is 0.837 bits per heavy atom. The van der Waals surface area contributed by atoms with Gasteiger partial charge in [-0.3, -0.25) is 0 Å². The summed E-state index contributed by atoms with van der Waals surface area (Å²) in [6.07, 6.45) is 34.8. The number of aromatic nitrogens is 2. The maximum absolute atomic E-state index is 6.43. The number of aryl methyl sites for hydroxylation is 6. The van der Waals surface area contributed by atoms with Gasteiger partial charge in [-0.25, -0.2) is 9.97 Å². The number of thiophene rings is 1. The van der Waals surface area contributed by atoms with Gasteiger partial charge in [0, 0.05) is 47.6 Å². The number of hydrogen-bond donors (Lipinski definition) is 0. The van der Waals surface area contributed by atoms with Gasteiger partial charge in [0.15, 0.2) is 5.82 Å². The molecule has 3 nitrogen and oxygen atoms in total. The third-order valence-corrected chi connectivity index (χ3v) is 20.0. The van der Waals surface area contributed by atoms with Crippen LogP contribution in [-0.4, -0.2) is 9.97 Å². The topological polar surface area (TPSA) is 38.9 Å². The lowest BCUT2D eigenvalue weighted by Crippen LogP contribution is -2.03. The molecule has 446 valence electrons. The number of nitrogens with zero attached hydrogens (tertiary/aromatic N) is 2. The van der Waals surface area contributed by atoms with Crippen molar-refractivity contribution in [2.75, 3.05) is 0 Å². The average molecular weight is 1160 g/mol. The molecule has 3 aromatic heterocycles. The normalized spacial score (nSPS) is 12.0. The van der Waals surface area contributed by atoms with Gasteiger partial charge in [0.1, 0.15) is 11.2 Å². The van der Waals surface area contributed by atoms with Crippen molar-refractivity contribution in [3.63, 3.8) is 0 Å². The summed E-state index contributed by atoms with van der Waals surface area (Å²) in [5.74, 6) is 0.807. The Labute approximate surface area is 519 Å². The number of unbranched alkanes of at least 4 members (excludes halogenated alkanes) is 20. The van der Waals surface area contributed by atoms with Gasteiger partial charge >= 0.3 is 0 Å². The van der Waals surface area contributed by atoms with Crippen LogP contribution in [0.25, 0.3) is 109 Å². The summed E-state index contributed by atoms with van der Waals surface area (Å²) in [5.41, 5.74) is 18.8. The molecule has 0 aliphatic carbocycles. The van der Waals surface area contributed by atoms with Crippen LogP contribution in [0.5, 0.6) is 0 Å². The first kappa shape index (κ1) is 61.0. The first-order valence-corrected chi connectivity index (χ1v) is 35.0. The highest BCUT2D eigenvalue weighted by Gasteiger charge is 2.21. The summed E-state index contributed by atoms with van der Waals surface area (Å²) in [5, 5.41) is 10.1. The molecule has 0 fully saturated rings. The van der Waals surface area contributed by atoms with E-state index in [1.54, 1.807) is 0 Å². The predicted molar refractivity (Wildman–Crippen MR) is 377 cm³/mol. The van der Waals surface area contributed by atoms with Crippen molar-refractivity contribution in [3.05, 3.63) is 167 Å². The highest BCUT2D eigenvalue weighted by molar-refractivity contribution is 7.25. The van der Waals surface area contributed by atoms with Gasteiger partial charge in [0.25, 0.3) is 0 Å². The van der Waals surface area contributed by atoms with Crippen LogP contribution in [0.15, 0.2) is 138 Å². The third kappa shape index (κ3) is 14.7. The van der Waals surface area contributed by atoms with Crippen LogP contribution >= 0.6 is 11.3 Å². The van der Waals surface area contributed by atoms with Crippen molar-refractivity contribution in [1.29, 1.82) is 0 Å². The number of furan rings is 1. The van der Waals surface area contributed by atoms with E-state index in [1.807, 2.05) is 11.3 Å². The minimum absolute atomic E-state index is 0.807. The number of hydrogen-bond acceptors (Lipinski definition) is 4. The van der Waals surface area contributed by atoms with Crippen molar-refractivity contribution >= 4 is 75.0 Å². The Morgan fingerprint density at radius 1 is 0.337 bits per heavy atom. The molecule has 3 heterocycles. The lowest BCUT2D eigenvalue weighted by Gasteiger charge is -2.20. The quantitative estimate of drug-likeness (QED) is 0.0312. The molecule has 0 spiro atoms. The van der Waals surface area contributed by atoms with Gasteiger partial charge in [-0.05, 0) is 198 Å². The number of benzene rings is 8. The molecule has 11 rings (SSSR count). The zero-order chi connectivity index (χ0) is 59.2. The molecule has 4 heteroatoms. The van der Waals surface area contributed by atoms with E-state index in [1.165, 1.54) is 245 Å². The summed E-state index contributed by atoms with van der Waals surface area (Å²) in [6.45, 7) is 13.9. The van der Waals surface area contributed by atoms with E-state index in [2.05, 4.69) is 175 Å². The van der Waals surface area contributed by atoms with Crippen LogP contribution in [0.2, 0.25) is 0 Å². The van der Waals surface area contributed by atoms with E-state index in [0.717, 1.165) is 76.8 Å². The molecule has 0 unspecified atom stereocenters. The molecular weight excluding hydrogens is 1060 g/mol. The molecule has 0 N–H and O–H groups in total. The van der Waals surface area contributed by atoms with Crippen molar-refractivity contribution in [2.24, 2.45) is 0 Å². The molecule has 8 aromatic carbocycles. The number of rotatable bonds is 32. The first-order chi connectivity index (χ1) is 42.3. The zero-order valence-corrected chi connectivity index (χ0v) is 54.0. The second kappa shape index (κ2) is 29.9. The molecule has 86 heavy (non-hydrogen) atoms. The molecule has 0 aliphatic rings. The van der Waals surface area contributed by atoms with Crippen molar-refractivity contribution in [1.82, 2.24) is 9.97 Å². The SMILES string of the molecule is CCCCCCCCc1cc(-c2cc(-c3cc(CCCCCCCC)c(-c4ccc5cc6cc(C)ccc6cc5c4)cc3CCCCCCCC)nc(-c3ccc4sc5cc6oc7ccccc7c6cc5c4c3)n2)c(CCCCCCCC)cc1C. The molecule has 11 aromatic rings. The second-order valence-electron chi connectivity index (χ2n) is 25.7. The van der Waals surface area contributed by atoms with Crippen molar-refractivity contribution in [2.45, 2.75) is 221 Å². The van der Waals surface area contributed by atoms with Crippen LogP contribution in [0.3, 0.4) is 0 Å². The first-order valence-electron chi connectivity index (χ1n) is 34.2. The molecule has 0 bridgehead atoms. The minimum Gasteiger partial charge on any atom is -0.456 e. The van der Waals surface area contributed by atoms with Crippen LogP contribution in [-0.2, 0) is 25.7 Å². The van der Waals surface area contributed by atoms with E-state index < -0.39 is 0 Å². The molecular formula is C82H96N2OS. The van der Waals surface area contributed by atoms with Gasteiger partial charge in [0.05, 0.1) is 11.4 Å². The fraction of sp³-hybridized carbons (Fsp3) is 0.415. The van der Waals surface area contributed by atoms with Crippen molar-refractivity contribution < 1.29 is 4.42 Å². The molecule has 0 aliphatic heterocycles. The van der Waals surface area contributed by atoms with E-state index in [0.29, 0.717) is 0 Å². The van der Waals surface area contributed by atoms with E-state index in [9.17, 15) is 0 Å². The zero-order valence-electron chi connectivity index (χ0n) is 53.2. The standard InChI is InChI=1S/C82H96N2OS/c1-7-11-15-19-23-27-33-59-50-71(62(46-58(59)6)34-28-24-20-16-12-8-2)76-55-77(84-82(83-76)66-43-44-80-74(53-66)75-54-73-69-37-31-32-38-78(69)85-79(73)56-81(75)86-80)72-52-63(35-29-25-21-17-13-9-3)70(51-64(72)36-30-26-22-18-14-10-4)65-42-41-61-47-67-45-57(5)39-40-60(67)48-68(61)49-65/h31-32,37-56H,7-30,33-36H2,1-6H3. The smallest absolute Gasteiger partial charge is 0.160 e. The summed E-state index contributed by atoms with van der Waals surface area (Å²) in [7, 11) is 0. The molecule has 0 amide bonds. The van der Waals surface area contributed by atoms with E-state index in [-0.39, 0.29) is 0 Å². The summed E-state index contributed by atoms with van der Waals surface area (Å²) >= 11 is 1.85. The molecule has 0 atom stereocenters. The highest BCUT2D eigenvalue weighted by atomic mass is 32.1. The Kier molecular flexibility index (Phi) is 21.2. The van der Waals surface area contributed by atoms with Crippen LogP contribution in [0.4, 0.5) is 0 Å². The fourth-order valence-corrected chi connectivity index (χ4v) is 14.9. The Balaban J connectivity index is 1.09. The molecule has 0 saturated carbocycles. The summed E-state index contributed by atoms with van der Waals surface area (Å²) < 4.78 is 8.94. The molecule has 0 radical (unpaired) electrons. The lowest BCUT2D eigenvalue weighted by atomic mass is 9.86. The van der Waals surface area contributed by atoms with Gasteiger partial charge in [-0.1, -0.05) is 222 Å². The minimum atomic E-state index is 0.807. The van der Waals surface area contributed by atoms with Gasteiger partial charge in [-0.2, -0.15) is 0 Å². The van der Waals surface area contributed by atoms with E-state index in [4.69, 9.17) is 14.4 Å². The predicted octanol–water partition coefficient (Wildman–Crippen LogP) is 25.9. The third-order valence-electron chi connectivity index (χ3n) is 18.9. The summed E-state index contributed by atoms with van der Waals surface area (Å²) in [6, 6.07) is 51.9. The second-order valence-corrected chi connectivity index (χ2v) is 26.7. The maximum atomic E-state index is 6.43. The summed E-state index contributed by atoms with van der Waals surface area (Å²) in [4.78, 5) is 11.7. The monoisotopic (exact) mass is 1160 g/mol. The Hall–Kier alpha value is -6.62. The molecule has 0 saturated heterocycles. The van der Waals surface area contributed by atoms with Gasteiger partial charge < -0.3 is 4.42 Å². The van der Waals surface area contributed by atoms with Crippen LogP contribution in [0.1, 0.15) is 215 Å². The maximum Gasteiger partial charge on any atom is 0.160 e. The fourth-order valence-electron chi connectivity index (χ4n) is 13.8. The lowest BCUT2D eigenvalue weighted by molar-refractivity contribution is 0.605. The number of para-hydroxylation sites is 1. The van der Waals surface area contributed by atoms with Crippen LogP contribution < -0.4 is 0 Å². The van der Waals surface area contributed by atoms with Gasteiger partial charge in [0.2, 0.25) is 0 Å². The Bertz CT molecular complexity index is 4060. The van der Waals surface area contributed by atoms with Gasteiger partial charge in [-0.15, -0.1) is 11.3 Å². The van der Waals surface area contributed by atoms with Crippen molar-refractivity contribution in [3.8, 4) is 45.0 Å².